The highest BCUT2D eigenvalue weighted by molar-refractivity contribution is 9.11. The Kier molecular flexibility index (Phi) is 6.27. The molecule has 0 fully saturated rings. The first-order chi connectivity index (χ1) is 12.5. The number of benzene rings is 2. The second-order valence-corrected chi connectivity index (χ2v) is 8.49. The summed E-state index contributed by atoms with van der Waals surface area (Å²) in [5, 5.41) is 0. The first-order valence-electron chi connectivity index (χ1n) is 7.87. The summed E-state index contributed by atoms with van der Waals surface area (Å²) in [6, 6.07) is 15.5. The lowest BCUT2D eigenvalue weighted by Gasteiger charge is -2.25. The number of rotatable bonds is 4. The van der Waals surface area contributed by atoms with Crippen LogP contribution in [0.4, 0.5) is 5.69 Å². The number of amides is 1. The van der Waals surface area contributed by atoms with Crippen LogP contribution < -0.4 is 4.90 Å². The van der Waals surface area contributed by atoms with Gasteiger partial charge in [0.2, 0.25) is 0 Å². The fraction of sp³-hybridized carbons (Fsp3) is 0.100. The lowest BCUT2D eigenvalue weighted by molar-refractivity contribution is 0.0984. The Morgan fingerprint density at radius 1 is 1.00 bits per heavy atom. The number of nitrogens with zero attached hydrogens (tertiary/aromatic N) is 2. The minimum Gasteiger partial charge on any atom is -0.303 e. The number of pyridine rings is 1. The van der Waals surface area contributed by atoms with Crippen molar-refractivity contribution < 1.29 is 4.79 Å². The molecule has 0 aliphatic carbocycles. The number of hydrogen-bond acceptors (Lipinski definition) is 2. The molecule has 3 aromatic rings. The number of aryl methyl sites for hydroxylation is 1. The van der Waals surface area contributed by atoms with Crippen molar-refractivity contribution in [2.75, 3.05) is 4.90 Å². The summed E-state index contributed by atoms with van der Waals surface area (Å²) >= 11 is 10.5. The zero-order valence-electron chi connectivity index (χ0n) is 13.9. The number of anilines is 1. The monoisotopic (exact) mass is 536 g/mol. The molecule has 0 bridgehead atoms. The second kappa shape index (κ2) is 8.46. The van der Waals surface area contributed by atoms with E-state index in [2.05, 4.69) is 52.8 Å². The number of hydrogen-bond donors (Lipinski definition) is 0. The van der Waals surface area contributed by atoms with Crippen molar-refractivity contribution in [3.8, 4) is 0 Å². The molecule has 3 nitrogen and oxygen atoms in total. The van der Waals surface area contributed by atoms with Crippen LogP contribution in [0.2, 0.25) is 0 Å². The summed E-state index contributed by atoms with van der Waals surface area (Å²) < 4.78 is 2.81. The molecule has 1 amide bonds. The molecule has 132 valence electrons. The molecule has 2 aromatic carbocycles. The number of carbonyl (C=O) groups excluding carboxylic acids is 1. The summed E-state index contributed by atoms with van der Waals surface area (Å²) in [5.74, 6) is -0.0594. The van der Waals surface area contributed by atoms with E-state index in [0.717, 1.165) is 30.2 Å². The molecule has 0 spiro atoms. The molecule has 0 radical (unpaired) electrons. The van der Waals surface area contributed by atoms with Gasteiger partial charge in [0.05, 0.1) is 12.2 Å². The Balaban J connectivity index is 2.04. The highest BCUT2D eigenvalue weighted by atomic mass is 79.9. The van der Waals surface area contributed by atoms with Gasteiger partial charge in [0.25, 0.3) is 5.91 Å². The van der Waals surface area contributed by atoms with Crippen molar-refractivity contribution in [3.63, 3.8) is 0 Å². The van der Waals surface area contributed by atoms with E-state index < -0.39 is 0 Å². The predicted molar refractivity (Wildman–Crippen MR) is 115 cm³/mol. The molecule has 6 heteroatoms. The normalized spacial score (nSPS) is 10.6. The molecule has 0 aliphatic heterocycles. The summed E-state index contributed by atoms with van der Waals surface area (Å²) in [7, 11) is 0. The van der Waals surface area contributed by atoms with Gasteiger partial charge in [0, 0.05) is 31.4 Å². The maximum absolute atomic E-state index is 13.3. The molecule has 0 aliphatic rings. The molecule has 26 heavy (non-hydrogen) atoms. The lowest BCUT2D eigenvalue weighted by Crippen LogP contribution is -2.31. The smallest absolute Gasteiger partial charge is 0.259 e. The third-order valence-electron chi connectivity index (χ3n) is 3.95. The van der Waals surface area contributed by atoms with Gasteiger partial charge in [-0.25, -0.2) is 0 Å². The topological polar surface area (TPSA) is 33.2 Å². The maximum atomic E-state index is 13.3. The Bertz CT molecular complexity index is 942. The zero-order chi connectivity index (χ0) is 18.7. The minimum atomic E-state index is -0.0594. The second-order valence-electron chi connectivity index (χ2n) is 5.80. The third kappa shape index (κ3) is 4.42. The molecular weight excluding hydrogens is 524 g/mol. The standard InChI is InChI=1S/C20H15Br3N2O/c1-13-11-24-9-8-17(13)20(26)25(12-14-2-4-15(21)5-3-14)19-7-6-16(22)10-18(19)23/h2-11H,12H2,1H3. The lowest BCUT2D eigenvalue weighted by atomic mass is 10.1. The van der Waals surface area contributed by atoms with Crippen LogP contribution in [0.3, 0.4) is 0 Å². The first-order valence-corrected chi connectivity index (χ1v) is 10.3. The van der Waals surface area contributed by atoms with Crippen LogP contribution in [0.1, 0.15) is 21.5 Å². The summed E-state index contributed by atoms with van der Waals surface area (Å²) in [6.45, 7) is 2.36. The quantitative estimate of drug-likeness (QED) is 0.378. The molecule has 0 saturated heterocycles. The average molecular weight is 539 g/mol. The van der Waals surface area contributed by atoms with Gasteiger partial charge in [0.15, 0.2) is 0 Å². The summed E-state index contributed by atoms with van der Waals surface area (Å²) in [5.41, 5.74) is 3.36. The van der Waals surface area contributed by atoms with Crippen LogP contribution in [0.25, 0.3) is 0 Å². The van der Waals surface area contributed by atoms with Gasteiger partial charge in [-0.2, -0.15) is 0 Å². The number of aromatic nitrogens is 1. The fourth-order valence-corrected chi connectivity index (χ4v) is 4.12. The van der Waals surface area contributed by atoms with Crippen LogP contribution in [0.15, 0.2) is 74.3 Å². The van der Waals surface area contributed by atoms with Crippen molar-refractivity contribution >= 4 is 59.4 Å². The summed E-state index contributed by atoms with van der Waals surface area (Å²) in [4.78, 5) is 19.2. The zero-order valence-corrected chi connectivity index (χ0v) is 18.7. The van der Waals surface area contributed by atoms with Crippen LogP contribution in [0, 0.1) is 6.92 Å². The molecule has 3 rings (SSSR count). The molecule has 0 N–H and O–H groups in total. The van der Waals surface area contributed by atoms with E-state index in [4.69, 9.17) is 0 Å². The number of carbonyl (C=O) groups is 1. The molecule has 0 unspecified atom stereocenters. The first kappa shape index (κ1) is 19.3. The molecule has 1 heterocycles. The van der Waals surface area contributed by atoms with Crippen molar-refractivity contribution in [2.45, 2.75) is 13.5 Å². The van der Waals surface area contributed by atoms with E-state index in [-0.39, 0.29) is 5.91 Å². The van der Waals surface area contributed by atoms with Crippen molar-refractivity contribution in [1.82, 2.24) is 4.98 Å². The van der Waals surface area contributed by atoms with Crippen molar-refractivity contribution in [3.05, 3.63) is 91.0 Å². The van der Waals surface area contributed by atoms with Gasteiger partial charge in [-0.15, -0.1) is 0 Å². The van der Waals surface area contributed by atoms with E-state index in [0.29, 0.717) is 12.1 Å². The van der Waals surface area contributed by atoms with Gasteiger partial charge in [-0.05, 0) is 70.4 Å². The minimum absolute atomic E-state index is 0.0594. The molecule has 1 aromatic heterocycles. The maximum Gasteiger partial charge on any atom is 0.259 e. The summed E-state index contributed by atoms with van der Waals surface area (Å²) in [6.07, 6.45) is 3.36. The molecule has 0 saturated carbocycles. The van der Waals surface area contributed by atoms with Gasteiger partial charge in [-0.1, -0.05) is 44.0 Å². The van der Waals surface area contributed by atoms with Gasteiger partial charge in [0.1, 0.15) is 0 Å². The SMILES string of the molecule is Cc1cnccc1C(=O)N(Cc1ccc(Br)cc1)c1ccc(Br)cc1Br. The Morgan fingerprint density at radius 3 is 2.35 bits per heavy atom. The predicted octanol–water partition coefficient (Wildman–Crippen LogP) is 6.52. The van der Waals surface area contributed by atoms with E-state index in [1.807, 2.05) is 49.4 Å². The Hall–Kier alpha value is -1.50. The van der Waals surface area contributed by atoms with Crippen LogP contribution in [0.5, 0.6) is 0 Å². The largest absolute Gasteiger partial charge is 0.303 e. The average Bonchev–Trinajstić information content (AvgIpc) is 2.62. The van der Waals surface area contributed by atoms with E-state index in [1.54, 1.807) is 23.4 Å². The van der Waals surface area contributed by atoms with E-state index >= 15 is 0 Å². The molecule has 0 atom stereocenters. The highest BCUT2D eigenvalue weighted by Crippen LogP contribution is 2.32. The third-order valence-corrected chi connectivity index (χ3v) is 5.61. The fourth-order valence-electron chi connectivity index (χ4n) is 2.60. The highest BCUT2D eigenvalue weighted by Gasteiger charge is 2.22. The van der Waals surface area contributed by atoms with Gasteiger partial charge < -0.3 is 4.90 Å². The van der Waals surface area contributed by atoms with Crippen LogP contribution in [-0.4, -0.2) is 10.9 Å². The van der Waals surface area contributed by atoms with Gasteiger partial charge >= 0.3 is 0 Å². The molecular formula is C20H15Br3N2O. The Labute approximate surface area is 177 Å². The van der Waals surface area contributed by atoms with Crippen molar-refractivity contribution in [1.29, 1.82) is 0 Å². The number of halogens is 3. The van der Waals surface area contributed by atoms with Crippen LogP contribution in [-0.2, 0) is 6.54 Å². The van der Waals surface area contributed by atoms with Crippen LogP contribution >= 0.6 is 47.8 Å². The van der Waals surface area contributed by atoms with Crippen molar-refractivity contribution in [2.24, 2.45) is 0 Å². The Morgan fingerprint density at radius 2 is 1.69 bits per heavy atom. The van der Waals surface area contributed by atoms with E-state index in [1.165, 1.54) is 0 Å². The van der Waals surface area contributed by atoms with Gasteiger partial charge in [-0.3, -0.25) is 9.78 Å². The van der Waals surface area contributed by atoms with E-state index in [9.17, 15) is 4.79 Å².